The van der Waals surface area contributed by atoms with Gasteiger partial charge < -0.3 is 25.0 Å². The Kier molecular flexibility index (Phi) is 8.26. The first-order chi connectivity index (χ1) is 18.2. The van der Waals surface area contributed by atoms with Crippen molar-refractivity contribution >= 4 is 11.6 Å². The number of ether oxygens (including phenoxy) is 2. The van der Waals surface area contributed by atoms with Gasteiger partial charge in [0.15, 0.2) is 0 Å². The zero-order chi connectivity index (χ0) is 25.5. The van der Waals surface area contributed by atoms with E-state index in [-0.39, 0.29) is 6.10 Å². The van der Waals surface area contributed by atoms with E-state index >= 15 is 0 Å². The number of rotatable bonds is 8. The van der Waals surface area contributed by atoms with Crippen LogP contribution in [0.3, 0.4) is 0 Å². The molecule has 5 rings (SSSR count). The molecule has 8 nitrogen and oxygen atoms in total. The number of anilines is 2. The van der Waals surface area contributed by atoms with Gasteiger partial charge in [-0.25, -0.2) is 9.97 Å². The molecule has 2 aliphatic heterocycles. The Labute approximate surface area is 218 Å². The van der Waals surface area contributed by atoms with E-state index in [9.17, 15) is 5.26 Å². The lowest BCUT2D eigenvalue weighted by Crippen LogP contribution is -2.40. The highest BCUT2D eigenvalue weighted by Gasteiger charge is 2.18. The molecule has 2 N–H and O–H groups in total. The van der Waals surface area contributed by atoms with Crippen molar-refractivity contribution in [1.82, 2.24) is 20.2 Å². The maximum atomic E-state index is 9.73. The summed E-state index contributed by atoms with van der Waals surface area (Å²) in [6, 6.07) is 18.7. The number of aromatic nitrogens is 2. The molecule has 37 heavy (non-hydrogen) atoms. The van der Waals surface area contributed by atoms with Crippen molar-refractivity contribution < 1.29 is 9.47 Å². The molecule has 0 atom stereocenters. The molecule has 0 aliphatic carbocycles. The fourth-order valence-corrected chi connectivity index (χ4v) is 4.80. The van der Waals surface area contributed by atoms with Crippen LogP contribution in [0.5, 0.6) is 5.75 Å². The van der Waals surface area contributed by atoms with Crippen LogP contribution in [0, 0.1) is 11.3 Å². The van der Waals surface area contributed by atoms with Crippen LogP contribution in [-0.2, 0) is 11.3 Å². The molecule has 2 fully saturated rings. The minimum absolute atomic E-state index is 0.0804. The Balaban J connectivity index is 1.24. The zero-order valence-electron chi connectivity index (χ0n) is 21.3. The molecule has 1 aromatic heterocycles. The van der Waals surface area contributed by atoms with Crippen molar-refractivity contribution in [3.8, 4) is 23.1 Å². The first-order valence-electron chi connectivity index (χ1n) is 13.1. The van der Waals surface area contributed by atoms with Crippen molar-refractivity contribution in [2.75, 3.05) is 38.7 Å². The first-order valence-corrected chi connectivity index (χ1v) is 13.1. The van der Waals surface area contributed by atoms with Crippen molar-refractivity contribution in [3.63, 3.8) is 0 Å². The van der Waals surface area contributed by atoms with Gasteiger partial charge >= 0.3 is 0 Å². The zero-order valence-corrected chi connectivity index (χ0v) is 21.3. The molecule has 0 spiro atoms. The van der Waals surface area contributed by atoms with Gasteiger partial charge in [0.05, 0.1) is 24.5 Å². The normalized spacial score (nSPS) is 17.3. The topological polar surface area (TPSA) is 95.3 Å². The van der Waals surface area contributed by atoms with Gasteiger partial charge in [0.1, 0.15) is 17.9 Å². The SMILES string of the molecule is CN1CCC(NCc2cccc(Nc3nccc(-c4ccc(OC5CCOCC5)c(C#N)c4)n3)c2)CC1. The average molecular weight is 499 g/mol. The first kappa shape index (κ1) is 25.2. The lowest BCUT2D eigenvalue weighted by molar-refractivity contribution is 0.0254. The highest BCUT2D eigenvalue weighted by Crippen LogP contribution is 2.28. The summed E-state index contributed by atoms with van der Waals surface area (Å²) in [6.07, 6.45) is 5.86. The highest BCUT2D eigenvalue weighted by molar-refractivity contribution is 5.66. The van der Waals surface area contributed by atoms with Crippen LogP contribution in [-0.4, -0.2) is 60.4 Å². The maximum absolute atomic E-state index is 9.73. The molecule has 2 aromatic carbocycles. The molecule has 3 heterocycles. The Morgan fingerprint density at radius 3 is 2.73 bits per heavy atom. The van der Waals surface area contributed by atoms with E-state index in [4.69, 9.17) is 14.5 Å². The third-order valence-corrected chi connectivity index (χ3v) is 7.01. The molecule has 0 bridgehead atoms. The monoisotopic (exact) mass is 498 g/mol. The number of nitriles is 1. The summed E-state index contributed by atoms with van der Waals surface area (Å²) < 4.78 is 11.5. The highest BCUT2D eigenvalue weighted by atomic mass is 16.5. The molecule has 8 heteroatoms. The summed E-state index contributed by atoms with van der Waals surface area (Å²) in [5.41, 5.74) is 4.25. The van der Waals surface area contributed by atoms with Crippen molar-refractivity contribution in [2.45, 2.75) is 44.4 Å². The molecule has 192 valence electrons. The molecular formula is C29H34N6O2. The third-order valence-electron chi connectivity index (χ3n) is 7.01. The lowest BCUT2D eigenvalue weighted by atomic mass is 10.1. The second-order valence-corrected chi connectivity index (χ2v) is 9.80. The second-order valence-electron chi connectivity index (χ2n) is 9.80. The fraction of sp³-hybridized carbons (Fsp3) is 0.414. The second kappa shape index (κ2) is 12.2. The quantitative estimate of drug-likeness (QED) is 0.469. The molecule has 3 aromatic rings. The molecule has 2 saturated heterocycles. The van der Waals surface area contributed by atoms with Gasteiger partial charge in [-0.2, -0.15) is 5.26 Å². The molecule has 0 unspecified atom stereocenters. The summed E-state index contributed by atoms with van der Waals surface area (Å²) >= 11 is 0. The summed E-state index contributed by atoms with van der Waals surface area (Å²) in [6.45, 7) is 4.52. The van der Waals surface area contributed by atoms with Crippen LogP contribution < -0.4 is 15.4 Å². The van der Waals surface area contributed by atoms with Crippen LogP contribution in [0.15, 0.2) is 54.7 Å². The summed E-state index contributed by atoms with van der Waals surface area (Å²) in [5, 5.41) is 16.8. The molecular weight excluding hydrogens is 464 g/mol. The van der Waals surface area contributed by atoms with Crippen molar-refractivity contribution in [1.29, 1.82) is 5.26 Å². The van der Waals surface area contributed by atoms with Crippen LogP contribution in [0.2, 0.25) is 0 Å². The molecule has 0 amide bonds. The average Bonchev–Trinajstić information content (AvgIpc) is 2.94. The lowest BCUT2D eigenvalue weighted by Gasteiger charge is -2.29. The van der Waals surface area contributed by atoms with Crippen LogP contribution in [0.1, 0.15) is 36.8 Å². The van der Waals surface area contributed by atoms with E-state index in [0.29, 0.717) is 36.5 Å². The summed E-state index contributed by atoms with van der Waals surface area (Å²) in [5.74, 6) is 1.12. The van der Waals surface area contributed by atoms with Gasteiger partial charge in [-0.1, -0.05) is 12.1 Å². The van der Waals surface area contributed by atoms with Crippen LogP contribution >= 0.6 is 0 Å². The number of likely N-dealkylation sites (tertiary alicyclic amines) is 1. The number of nitrogens with one attached hydrogen (secondary N) is 2. The van der Waals surface area contributed by atoms with Gasteiger partial charge in [0, 0.05) is 42.9 Å². The minimum atomic E-state index is 0.0804. The number of hydrogen-bond donors (Lipinski definition) is 2. The van der Waals surface area contributed by atoms with Gasteiger partial charge in [0.2, 0.25) is 5.95 Å². The third kappa shape index (κ3) is 6.83. The van der Waals surface area contributed by atoms with Gasteiger partial charge in [0.25, 0.3) is 0 Å². The summed E-state index contributed by atoms with van der Waals surface area (Å²) in [7, 11) is 2.18. The van der Waals surface area contributed by atoms with Crippen LogP contribution in [0.25, 0.3) is 11.3 Å². The number of hydrogen-bond acceptors (Lipinski definition) is 8. The maximum Gasteiger partial charge on any atom is 0.227 e. The minimum Gasteiger partial charge on any atom is -0.489 e. The van der Waals surface area contributed by atoms with E-state index in [1.807, 2.05) is 36.4 Å². The van der Waals surface area contributed by atoms with E-state index in [1.165, 1.54) is 18.4 Å². The largest absolute Gasteiger partial charge is 0.489 e. The fourth-order valence-electron chi connectivity index (χ4n) is 4.80. The Hall–Kier alpha value is -3.51. The van der Waals surface area contributed by atoms with E-state index in [2.05, 4.69) is 45.8 Å². The Morgan fingerprint density at radius 1 is 1.08 bits per heavy atom. The van der Waals surface area contributed by atoms with Crippen LogP contribution in [0.4, 0.5) is 11.6 Å². The Morgan fingerprint density at radius 2 is 1.92 bits per heavy atom. The van der Waals surface area contributed by atoms with Gasteiger partial charge in [-0.15, -0.1) is 0 Å². The Bertz CT molecular complexity index is 1230. The van der Waals surface area contributed by atoms with E-state index in [0.717, 1.165) is 49.4 Å². The summed E-state index contributed by atoms with van der Waals surface area (Å²) in [4.78, 5) is 11.5. The predicted octanol–water partition coefficient (Wildman–Crippen LogP) is 4.50. The molecule has 0 radical (unpaired) electrons. The number of nitrogens with zero attached hydrogens (tertiary/aromatic N) is 4. The standard InChI is InChI=1S/C29H34N6O2/c1-35-13-8-24(9-14-35)32-20-21-3-2-4-25(17-21)33-29-31-12-7-27(34-29)22-5-6-28(23(18-22)19-30)37-26-10-15-36-16-11-26/h2-7,12,17-18,24,26,32H,8-11,13-16,20H2,1H3,(H,31,33,34). The molecule has 2 aliphatic rings. The number of piperidine rings is 1. The van der Waals surface area contributed by atoms with Crippen molar-refractivity contribution in [2.24, 2.45) is 0 Å². The smallest absolute Gasteiger partial charge is 0.227 e. The van der Waals surface area contributed by atoms with E-state index < -0.39 is 0 Å². The van der Waals surface area contributed by atoms with Gasteiger partial charge in [-0.05, 0) is 74.9 Å². The van der Waals surface area contributed by atoms with Gasteiger partial charge in [-0.3, -0.25) is 0 Å². The molecule has 0 saturated carbocycles. The predicted molar refractivity (Wildman–Crippen MR) is 144 cm³/mol. The van der Waals surface area contributed by atoms with Crippen molar-refractivity contribution in [3.05, 3.63) is 65.9 Å². The van der Waals surface area contributed by atoms with E-state index in [1.54, 1.807) is 6.20 Å². The number of benzene rings is 2.